The van der Waals surface area contributed by atoms with Crippen LogP contribution in [0.15, 0.2) is 29.2 Å². The fourth-order valence-corrected chi connectivity index (χ4v) is 4.35. The molecule has 7 nitrogen and oxygen atoms in total. The lowest BCUT2D eigenvalue weighted by Crippen LogP contribution is -2.16. The summed E-state index contributed by atoms with van der Waals surface area (Å²) < 4.78 is 29.8. The van der Waals surface area contributed by atoms with Crippen molar-refractivity contribution in [2.24, 2.45) is 0 Å². The Morgan fingerprint density at radius 1 is 1.33 bits per heavy atom. The number of aromatic nitrogens is 3. The van der Waals surface area contributed by atoms with Gasteiger partial charge >= 0.3 is 0 Å². The smallest absolute Gasteiger partial charge is 0.266 e. The predicted molar refractivity (Wildman–Crippen MR) is 91.2 cm³/mol. The van der Waals surface area contributed by atoms with Crippen molar-refractivity contribution in [3.63, 3.8) is 0 Å². The number of anilines is 1. The molecule has 0 amide bonds. The van der Waals surface area contributed by atoms with Crippen LogP contribution in [-0.2, 0) is 16.6 Å². The highest BCUT2D eigenvalue weighted by atomic mass is 32.2. The van der Waals surface area contributed by atoms with Gasteiger partial charge < -0.3 is 4.98 Å². The molecule has 2 heterocycles. The lowest BCUT2D eigenvalue weighted by molar-refractivity contribution is 0.598. The monoisotopic (exact) mass is 343 g/mol. The lowest BCUT2D eigenvalue weighted by atomic mass is 10.2. The Hall–Kier alpha value is -2.79. The van der Waals surface area contributed by atoms with Crippen molar-refractivity contribution in [2.45, 2.75) is 32.2 Å². The zero-order chi connectivity index (χ0) is 17.5. The SMILES string of the molecule is CCn1nc(C)c(S(=O)(=O)Nc2[nH]c3ccccc3c2C#N)c1C. The van der Waals surface area contributed by atoms with Gasteiger partial charge in [0.05, 0.1) is 11.4 Å². The highest BCUT2D eigenvalue weighted by Crippen LogP contribution is 2.28. The second kappa shape index (κ2) is 5.69. The van der Waals surface area contributed by atoms with Crippen molar-refractivity contribution >= 4 is 26.7 Å². The molecule has 0 radical (unpaired) electrons. The fraction of sp³-hybridized carbons (Fsp3) is 0.250. The molecule has 0 spiro atoms. The van der Waals surface area contributed by atoms with E-state index >= 15 is 0 Å². The molecule has 0 bridgehead atoms. The first-order chi connectivity index (χ1) is 11.4. The van der Waals surface area contributed by atoms with Crippen LogP contribution in [0.2, 0.25) is 0 Å². The topological polar surface area (TPSA) is 104 Å². The van der Waals surface area contributed by atoms with Crippen molar-refractivity contribution in [3.05, 3.63) is 41.2 Å². The highest BCUT2D eigenvalue weighted by Gasteiger charge is 2.26. The summed E-state index contributed by atoms with van der Waals surface area (Å²) in [7, 11) is -3.86. The van der Waals surface area contributed by atoms with E-state index in [2.05, 4.69) is 20.9 Å². The molecule has 0 saturated heterocycles. The number of para-hydroxylation sites is 1. The van der Waals surface area contributed by atoms with Gasteiger partial charge in [-0.05, 0) is 26.8 Å². The first-order valence-corrected chi connectivity index (χ1v) is 8.95. The van der Waals surface area contributed by atoms with Crippen LogP contribution in [-0.4, -0.2) is 23.2 Å². The molecule has 0 aliphatic rings. The van der Waals surface area contributed by atoms with Crippen LogP contribution in [0.3, 0.4) is 0 Å². The number of nitrogens with zero attached hydrogens (tertiary/aromatic N) is 3. The summed E-state index contributed by atoms with van der Waals surface area (Å²) in [6.07, 6.45) is 0. The molecule has 0 unspecified atom stereocenters. The second-order valence-electron chi connectivity index (χ2n) is 5.45. The van der Waals surface area contributed by atoms with E-state index in [0.717, 1.165) is 0 Å². The molecule has 0 aliphatic heterocycles. The Balaban J connectivity index is 2.12. The molecule has 124 valence electrons. The predicted octanol–water partition coefficient (Wildman–Crippen LogP) is 2.67. The van der Waals surface area contributed by atoms with E-state index in [9.17, 15) is 13.7 Å². The molecular formula is C16H17N5O2S. The van der Waals surface area contributed by atoms with Gasteiger partial charge in [0.15, 0.2) is 0 Å². The normalized spacial score (nSPS) is 11.6. The summed E-state index contributed by atoms with van der Waals surface area (Å²) in [6, 6.07) is 9.24. The van der Waals surface area contributed by atoms with E-state index in [1.807, 2.05) is 13.0 Å². The van der Waals surface area contributed by atoms with Gasteiger partial charge in [-0.25, -0.2) is 8.42 Å². The van der Waals surface area contributed by atoms with Crippen LogP contribution in [0, 0.1) is 25.2 Å². The number of hydrogen-bond acceptors (Lipinski definition) is 4. The number of fused-ring (bicyclic) bond motifs is 1. The zero-order valence-corrected chi connectivity index (χ0v) is 14.4. The van der Waals surface area contributed by atoms with Crippen molar-refractivity contribution in [1.29, 1.82) is 5.26 Å². The van der Waals surface area contributed by atoms with Crippen molar-refractivity contribution < 1.29 is 8.42 Å². The average molecular weight is 343 g/mol. The average Bonchev–Trinajstić information content (AvgIpc) is 3.02. The van der Waals surface area contributed by atoms with E-state index in [1.165, 1.54) is 0 Å². The molecule has 0 atom stereocenters. The van der Waals surface area contributed by atoms with Crippen LogP contribution in [0.25, 0.3) is 10.9 Å². The number of benzene rings is 1. The molecule has 0 aliphatic carbocycles. The first-order valence-electron chi connectivity index (χ1n) is 7.46. The van der Waals surface area contributed by atoms with E-state index in [4.69, 9.17) is 0 Å². The van der Waals surface area contributed by atoms with Crippen LogP contribution in [0.5, 0.6) is 0 Å². The largest absolute Gasteiger partial charge is 0.340 e. The third kappa shape index (κ3) is 2.43. The maximum Gasteiger partial charge on any atom is 0.266 e. The summed E-state index contributed by atoms with van der Waals surface area (Å²) in [5, 5.41) is 14.3. The standard InChI is InChI=1S/C16H17N5O2S/c1-4-21-11(3)15(10(2)19-21)24(22,23)20-16-13(9-17)12-7-5-6-8-14(12)18-16/h5-8,18,20H,4H2,1-3H3. The van der Waals surface area contributed by atoms with Crippen LogP contribution in [0.1, 0.15) is 23.9 Å². The fourth-order valence-electron chi connectivity index (χ4n) is 2.90. The van der Waals surface area contributed by atoms with Crippen LogP contribution in [0.4, 0.5) is 5.82 Å². The number of rotatable bonds is 4. The van der Waals surface area contributed by atoms with Gasteiger partial charge in [-0.3, -0.25) is 9.40 Å². The van der Waals surface area contributed by atoms with Crippen molar-refractivity contribution in [1.82, 2.24) is 14.8 Å². The molecule has 3 aromatic rings. The Bertz CT molecular complexity index is 1070. The van der Waals surface area contributed by atoms with E-state index < -0.39 is 10.0 Å². The van der Waals surface area contributed by atoms with Gasteiger partial charge in [-0.2, -0.15) is 10.4 Å². The minimum atomic E-state index is -3.86. The molecule has 1 aromatic carbocycles. The molecular weight excluding hydrogens is 326 g/mol. The molecule has 3 rings (SSSR count). The first kappa shape index (κ1) is 16.1. The quantitative estimate of drug-likeness (QED) is 0.760. The minimum absolute atomic E-state index is 0.145. The Labute approximate surface area is 140 Å². The number of nitrogens with one attached hydrogen (secondary N) is 2. The minimum Gasteiger partial charge on any atom is -0.340 e. The lowest BCUT2D eigenvalue weighted by Gasteiger charge is -2.07. The number of aromatic amines is 1. The van der Waals surface area contributed by atoms with E-state index in [0.29, 0.717) is 28.8 Å². The Kier molecular flexibility index (Phi) is 3.81. The summed E-state index contributed by atoms with van der Waals surface area (Å²) in [5.74, 6) is 0.168. The Morgan fingerprint density at radius 2 is 2.04 bits per heavy atom. The maximum absolute atomic E-state index is 12.8. The highest BCUT2D eigenvalue weighted by molar-refractivity contribution is 7.92. The van der Waals surface area contributed by atoms with Gasteiger partial charge in [0, 0.05) is 17.4 Å². The molecule has 0 saturated carbocycles. The number of sulfonamides is 1. The second-order valence-corrected chi connectivity index (χ2v) is 7.07. The number of aryl methyl sites for hydroxylation is 2. The molecule has 0 fully saturated rings. The van der Waals surface area contributed by atoms with Crippen molar-refractivity contribution in [2.75, 3.05) is 4.72 Å². The van der Waals surface area contributed by atoms with E-state index in [1.54, 1.807) is 36.7 Å². The number of H-pyrrole nitrogens is 1. The van der Waals surface area contributed by atoms with Crippen molar-refractivity contribution in [3.8, 4) is 6.07 Å². The number of nitriles is 1. The van der Waals surface area contributed by atoms with E-state index in [-0.39, 0.29) is 16.3 Å². The van der Waals surface area contributed by atoms with Gasteiger partial charge in [0.1, 0.15) is 22.3 Å². The van der Waals surface area contributed by atoms with Gasteiger partial charge in [-0.15, -0.1) is 0 Å². The molecule has 8 heteroatoms. The van der Waals surface area contributed by atoms with Crippen LogP contribution >= 0.6 is 0 Å². The number of hydrogen-bond donors (Lipinski definition) is 2. The Morgan fingerprint density at radius 3 is 2.67 bits per heavy atom. The van der Waals surface area contributed by atoms with Gasteiger partial charge in [-0.1, -0.05) is 18.2 Å². The van der Waals surface area contributed by atoms with Gasteiger partial charge in [0.25, 0.3) is 10.0 Å². The summed E-state index contributed by atoms with van der Waals surface area (Å²) in [5.41, 5.74) is 1.96. The van der Waals surface area contributed by atoms with Gasteiger partial charge in [0.2, 0.25) is 0 Å². The molecule has 2 N–H and O–H groups in total. The molecule has 2 aromatic heterocycles. The summed E-state index contributed by atoms with van der Waals surface area (Å²) >= 11 is 0. The molecule has 24 heavy (non-hydrogen) atoms. The zero-order valence-electron chi connectivity index (χ0n) is 13.6. The van der Waals surface area contributed by atoms with Crippen LogP contribution < -0.4 is 4.72 Å². The maximum atomic E-state index is 12.8. The third-order valence-electron chi connectivity index (χ3n) is 3.94. The summed E-state index contributed by atoms with van der Waals surface area (Å²) in [4.78, 5) is 3.11. The third-order valence-corrected chi connectivity index (χ3v) is 5.54. The summed E-state index contributed by atoms with van der Waals surface area (Å²) in [6.45, 7) is 5.85.